The van der Waals surface area contributed by atoms with Gasteiger partial charge in [0, 0.05) is 19.3 Å². The first-order chi connectivity index (χ1) is 36.0. The predicted molar refractivity (Wildman–Crippen MR) is 316 cm³/mol. The van der Waals surface area contributed by atoms with Crippen molar-refractivity contribution in [3.8, 4) is 0 Å². The van der Waals surface area contributed by atoms with Gasteiger partial charge in [0.2, 0.25) is 0 Å². The van der Waals surface area contributed by atoms with Crippen molar-refractivity contribution < 1.29 is 28.6 Å². The number of hydrogen-bond acceptors (Lipinski definition) is 6. The minimum Gasteiger partial charge on any atom is -0.462 e. The molecule has 0 aromatic rings. The summed E-state index contributed by atoms with van der Waals surface area (Å²) in [5, 5.41) is 0. The summed E-state index contributed by atoms with van der Waals surface area (Å²) in [7, 11) is 0. The highest BCUT2D eigenvalue weighted by molar-refractivity contribution is 5.71. The van der Waals surface area contributed by atoms with Crippen molar-refractivity contribution in [2.24, 2.45) is 0 Å². The quantitative estimate of drug-likeness (QED) is 0.0261. The van der Waals surface area contributed by atoms with E-state index in [1.54, 1.807) is 0 Å². The average molecular weight is 1020 g/mol. The van der Waals surface area contributed by atoms with Gasteiger partial charge in [-0.25, -0.2) is 0 Å². The molecule has 6 heteroatoms. The third-order valence-corrected chi connectivity index (χ3v) is 13.0. The van der Waals surface area contributed by atoms with E-state index < -0.39 is 6.10 Å². The van der Waals surface area contributed by atoms with Crippen LogP contribution < -0.4 is 0 Å². The molecule has 0 aromatic heterocycles. The lowest BCUT2D eigenvalue weighted by Gasteiger charge is -2.18. The van der Waals surface area contributed by atoms with E-state index >= 15 is 0 Å². The Labute approximate surface area is 451 Å². The number of rotatable bonds is 55. The molecule has 1 atom stereocenters. The number of unbranched alkanes of at least 4 members (excludes halogenated alkanes) is 28. The number of allylic oxidation sites excluding steroid dienone is 16. The summed E-state index contributed by atoms with van der Waals surface area (Å²) in [6.45, 7) is 6.48. The SMILES string of the molecule is CC/C=C\C/C=C\C/C=C\C/C=C\CCCCC(=O)OCC(COC(=O)CCCCCCCCCC/C=C\C/C=C\C/C=C\CCCCCCC)OC(=O)CCCCCCCCC/C=C\CCCCCCCC. The van der Waals surface area contributed by atoms with Gasteiger partial charge in [-0.2, -0.15) is 0 Å². The van der Waals surface area contributed by atoms with Crippen molar-refractivity contribution in [3.63, 3.8) is 0 Å². The number of carbonyl (C=O) groups is 3. The topological polar surface area (TPSA) is 78.9 Å². The van der Waals surface area contributed by atoms with Gasteiger partial charge >= 0.3 is 17.9 Å². The molecule has 0 N–H and O–H groups in total. The Hall–Kier alpha value is -3.67. The van der Waals surface area contributed by atoms with E-state index in [4.69, 9.17) is 14.2 Å². The molecule has 0 fully saturated rings. The molecule has 0 heterocycles. The molecule has 0 aliphatic heterocycles. The normalized spacial score (nSPS) is 12.8. The van der Waals surface area contributed by atoms with Gasteiger partial charge in [0.05, 0.1) is 0 Å². The Balaban J connectivity index is 4.42. The van der Waals surface area contributed by atoms with Crippen molar-refractivity contribution in [1.29, 1.82) is 0 Å². The summed E-state index contributed by atoms with van der Waals surface area (Å²) < 4.78 is 16.9. The summed E-state index contributed by atoms with van der Waals surface area (Å²) >= 11 is 0. The lowest BCUT2D eigenvalue weighted by molar-refractivity contribution is -0.167. The van der Waals surface area contributed by atoms with E-state index in [2.05, 4.69) is 118 Å². The van der Waals surface area contributed by atoms with Gasteiger partial charge in [-0.1, -0.05) is 246 Å². The molecule has 0 amide bonds. The molecule has 0 rings (SSSR count). The first-order valence-corrected chi connectivity index (χ1v) is 30.7. The predicted octanol–water partition coefficient (Wildman–Crippen LogP) is 20.9. The minimum absolute atomic E-state index is 0.0965. The van der Waals surface area contributed by atoms with Gasteiger partial charge in [0.1, 0.15) is 13.2 Å². The van der Waals surface area contributed by atoms with E-state index in [-0.39, 0.29) is 31.1 Å². The van der Waals surface area contributed by atoms with E-state index in [0.717, 1.165) is 103 Å². The molecule has 0 bridgehead atoms. The Morgan fingerprint density at radius 3 is 0.877 bits per heavy atom. The van der Waals surface area contributed by atoms with Crippen LogP contribution in [0.25, 0.3) is 0 Å². The minimum atomic E-state index is -0.802. The lowest BCUT2D eigenvalue weighted by atomic mass is 10.1. The summed E-state index contributed by atoms with van der Waals surface area (Å²) in [5.74, 6) is -0.944. The Morgan fingerprint density at radius 2 is 0.534 bits per heavy atom. The van der Waals surface area contributed by atoms with Crippen LogP contribution >= 0.6 is 0 Å². The molecule has 0 spiro atoms. The van der Waals surface area contributed by atoms with Crippen molar-refractivity contribution in [3.05, 3.63) is 97.2 Å². The molecule has 418 valence electrons. The van der Waals surface area contributed by atoms with Gasteiger partial charge in [-0.3, -0.25) is 14.4 Å². The second kappa shape index (κ2) is 60.9. The third-order valence-electron chi connectivity index (χ3n) is 13.0. The Bertz CT molecular complexity index is 1440. The van der Waals surface area contributed by atoms with Gasteiger partial charge in [0.15, 0.2) is 6.10 Å². The largest absolute Gasteiger partial charge is 0.462 e. The zero-order valence-electron chi connectivity index (χ0n) is 47.9. The Kier molecular flexibility index (Phi) is 57.8. The fourth-order valence-electron chi connectivity index (χ4n) is 8.44. The van der Waals surface area contributed by atoms with Crippen molar-refractivity contribution in [2.45, 2.75) is 297 Å². The number of hydrogen-bond donors (Lipinski definition) is 0. The summed E-state index contributed by atoms with van der Waals surface area (Å²) in [6, 6.07) is 0. The van der Waals surface area contributed by atoms with E-state index in [1.807, 2.05) is 0 Å². The number of esters is 3. The van der Waals surface area contributed by atoms with Crippen LogP contribution in [-0.2, 0) is 28.6 Å². The average Bonchev–Trinajstić information content (AvgIpc) is 3.39. The lowest BCUT2D eigenvalue weighted by Crippen LogP contribution is -2.30. The summed E-state index contributed by atoms with van der Waals surface area (Å²) in [5.41, 5.74) is 0. The van der Waals surface area contributed by atoms with Gasteiger partial charge in [-0.15, -0.1) is 0 Å². The monoisotopic (exact) mass is 1010 g/mol. The van der Waals surface area contributed by atoms with Crippen LogP contribution in [0, 0.1) is 0 Å². The highest BCUT2D eigenvalue weighted by Crippen LogP contribution is 2.15. The fraction of sp³-hybridized carbons (Fsp3) is 0.716. The molecule has 0 aliphatic rings. The maximum absolute atomic E-state index is 12.9. The van der Waals surface area contributed by atoms with Crippen molar-refractivity contribution in [1.82, 2.24) is 0 Å². The highest BCUT2D eigenvalue weighted by Gasteiger charge is 2.19. The second-order valence-electron chi connectivity index (χ2n) is 20.2. The standard InChI is InChI=1S/C67H114O6/c1-4-7-10-13-16-19-22-25-28-30-31-32-33-34-35-37-39-42-45-48-51-54-57-60-66(69)72-63-64(62-71-65(68)59-56-53-50-47-44-41-38-27-24-21-18-15-12-9-6-3)73-67(70)61-58-55-52-49-46-43-40-36-29-26-23-20-17-14-11-8-5-2/h9,12,18,21-22,25-27,29-31,33-34,38,44,47,64H,4-8,10-11,13-17,19-20,23-24,28,32,35-37,39-43,45-46,48-63H2,1-3H3/b12-9-,21-18-,25-22-,29-26-,31-30-,34-33-,38-27-,47-44-. The van der Waals surface area contributed by atoms with E-state index in [0.29, 0.717) is 19.3 Å². The second-order valence-corrected chi connectivity index (χ2v) is 20.2. The van der Waals surface area contributed by atoms with Gasteiger partial charge in [0.25, 0.3) is 0 Å². The van der Waals surface area contributed by atoms with Crippen molar-refractivity contribution in [2.75, 3.05) is 13.2 Å². The summed E-state index contributed by atoms with van der Waals surface area (Å²) in [6.07, 6.45) is 81.2. The maximum atomic E-state index is 12.9. The molecule has 0 radical (unpaired) electrons. The van der Waals surface area contributed by atoms with Gasteiger partial charge < -0.3 is 14.2 Å². The first-order valence-electron chi connectivity index (χ1n) is 30.7. The zero-order chi connectivity index (χ0) is 52.9. The van der Waals surface area contributed by atoms with Crippen LogP contribution in [0.1, 0.15) is 290 Å². The van der Waals surface area contributed by atoms with Crippen LogP contribution in [0.2, 0.25) is 0 Å². The van der Waals surface area contributed by atoms with Crippen LogP contribution in [0.15, 0.2) is 97.2 Å². The van der Waals surface area contributed by atoms with Gasteiger partial charge in [-0.05, 0) is 122 Å². The number of ether oxygens (including phenoxy) is 3. The molecule has 0 saturated heterocycles. The maximum Gasteiger partial charge on any atom is 0.306 e. The molecule has 73 heavy (non-hydrogen) atoms. The fourth-order valence-corrected chi connectivity index (χ4v) is 8.44. The highest BCUT2D eigenvalue weighted by atomic mass is 16.6. The molecular weight excluding hydrogens is 901 g/mol. The smallest absolute Gasteiger partial charge is 0.306 e. The zero-order valence-corrected chi connectivity index (χ0v) is 47.9. The summed E-state index contributed by atoms with van der Waals surface area (Å²) in [4.78, 5) is 38.2. The first kappa shape index (κ1) is 69.3. The Morgan fingerprint density at radius 1 is 0.288 bits per heavy atom. The number of carbonyl (C=O) groups excluding carboxylic acids is 3. The van der Waals surface area contributed by atoms with Crippen LogP contribution in [0.3, 0.4) is 0 Å². The molecule has 0 saturated carbocycles. The van der Waals surface area contributed by atoms with Crippen molar-refractivity contribution >= 4 is 17.9 Å². The molecule has 0 aromatic carbocycles. The van der Waals surface area contributed by atoms with Crippen LogP contribution in [-0.4, -0.2) is 37.2 Å². The van der Waals surface area contributed by atoms with Crippen LogP contribution in [0.5, 0.6) is 0 Å². The molecule has 1 unspecified atom stereocenters. The molecule has 6 nitrogen and oxygen atoms in total. The van der Waals surface area contributed by atoms with E-state index in [9.17, 15) is 14.4 Å². The van der Waals surface area contributed by atoms with E-state index in [1.165, 1.54) is 148 Å². The third kappa shape index (κ3) is 59.1. The van der Waals surface area contributed by atoms with Crippen LogP contribution in [0.4, 0.5) is 0 Å². The molecule has 0 aliphatic carbocycles. The molecular formula is C67H114O6.